The van der Waals surface area contributed by atoms with E-state index in [0.717, 1.165) is 37.5 Å². The number of hydrogen-bond donors (Lipinski definition) is 1. The molecule has 0 saturated heterocycles. The van der Waals surface area contributed by atoms with Gasteiger partial charge in [0, 0.05) is 19.8 Å². The van der Waals surface area contributed by atoms with Crippen LogP contribution in [0, 0.1) is 11.8 Å². The fourth-order valence-electron chi connectivity index (χ4n) is 2.64. The Morgan fingerprint density at radius 2 is 1.79 bits per heavy atom. The zero-order valence-electron chi connectivity index (χ0n) is 9.88. The van der Waals surface area contributed by atoms with Crippen LogP contribution in [-0.2, 0) is 4.74 Å². The summed E-state index contributed by atoms with van der Waals surface area (Å²) in [4.78, 5) is 0. The molecule has 0 aromatic heterocycles. The van der Waals surface area contributed by atoms with Crippen molar-refractivity contribution in [2.45, 2.75) is 45.6 Å². The number of ether oxygens (including phenoxy) is 1. The van der Waals surface area contributed by atoms with Crippen LogP contribution in [-0.4, -0.2) is 26.3 Å². The molecule has 1 saturated carbocycles. The van der Waals surface area contributed by atoms with E-state index in [2.05, 4.69) is 19.2 Å². The lowest BCUT2D eigenvalue weighted by atomic mass is 9.80. The second kappa shape index (κ2) is 6.41. The molecule has 0 spiro atoms. The molecular formula is C12H25NO. The molecule has 0 heterocycles. The molecule has 0 radical (unpaired) electrons. The maximum atomic E-state index is 5.03. The molecule has 0 aromatic carbocycles. The first kappa shape index (κ1) is 12.0. The first-order valence-electron chi connectivity index (χ1n) is 5.94. The third-order valence-electron chi connectivity index (χ3n) is 3.14. The molecule has 0 amide bonds. The van der Waals surface area contributed by atoms with Crippen LogP contribution in [0.3, 0.4) is 0 Å². The van der Waals surface area contributed by atoms with Crippen LogP contribution in [0.15, 0.2) is 0 Å². The lowest BCUT2D eigenvalue weighted by Crippen LogP contribution is -2.37. The molecule has 1 N–H and O–H groups in total. The van der Waals surface area contributed by atoms with Gasteiger partial charge in [-0.3, -0.25) is 0 Å². The summed E-state index contributed by atoms with van der Waals surface area (Å²) in [7, 11) is 1.77. The summed E-state index contributed by atoms with van der Waals surface area (Å²) in [5, 5.41) is 3.64. The largest absolute Gasteiger partial charge is 0.385 e. The fraction of sp³-hybridized carbons (Fsp3) is 1.00. The minimum atomic E-state index is 0.755. The zero-order chi connectivity index (χ0) is 10.4. The Kier molecular flexibility index (Phi) is 5.49. The summed E-state index contributed by atoms with van der Waals surface area (Å²) >= 11 is 0. The molecule has 1 rings (SSSR count). The predicted octanol–water partition coefficient (Wildman–Crippen LogP) is 2.44. The molecule has 2 nitrogen and oxygen atoms in total. The predicted molar refractivity (Wildman–Crippen MR) is 60.5 cm³/mol. The van der Waals surface area contributed by atoms with E-state index in [1.807, 2.05) is 0 Å². The van der Waals surface area contributed by atoms with Crippen molar-refractivity contribution < 1.29 is 4.74 Å². The molecule has 0 bridgehead atoms. The van der Waals surface area contributed by atoms with E-state index in [4.69, 9.17) is 4.74 Å². The fourth-order valence-corrected chi connectivity index (χ4v) is 2.64. The quantitative estimate of drug-likeness (QED) is 0.687. The van der Waals surface area contributed by atoms with Crippen molar-refractivity contribution in [2.24, 2.45) is 11.8 Å². The third kappa shape index (κ3) is 4.43. The summed E-state index contributed by atoms with van der Waals surface area (Å²) < 4.78 is 5.03. The maximum Gasteiger partial charge on any atom is 0.0474 e. The molecular weight excluding hydrogens is 174 g/mol. The molecule has 0 aromatic rings. The standard InChI is InChI=1S/C12H25NO/c1-10-7-11(2)9-12(8-10)13-5-4-6-14-3/h10-13H,4-9H2,1-3H3/t10-,11-/m0/s1. The highest BCUT2D eigenvalue weighted by Gasteiger charge is 2.22. The molecule has 84 valence electrons. The summed E-state index contributed by atoms with van der Waals surface area (Å²) in [6.07, 6.45) is 5.26. The molecule has 0 unspecified atom stereocenters. The van der Waals surface area contributed by atoms with Gasteiger partial charge in [0.1, 0.15) is 0 Å². The molecule has 2 atom stereocenters. The lowest BCUT2D eigenvalue weighted by molar-refractivity contribution is 0.187. The Balaban J connectivity index is 2.10. The number of rotatable bonds is 5. The van der Waals surface area contributed by atoms with Crippen LogP contribution in [0.1, 0.15) is 39.5 Å². The van der Waals surface area contributed by atoms with Crippen LogP contribution in [0.2, 0.25) is 0 Å². The highest BCUT2D eigenvalue weighted by atomic mass is 16.5. The van der Waals surface area contributed by atoms with Crippen molar-refractivity contribution in [3.8, 4) is 0 Å². The Bertz CT molecular complexity index is 139. The van der Waals surface area contributed by atoms with Gasteiger partial charge in [-0.2, -0.15) is 0 Å². The van der Waals surface area contributed by atoms with Gasteiger partial charge in [-0.25, -0.2) is 0 Å². The van der Waals surface area contributed by atoms with Crippen molar-refractivity contribution in [1.29, 1.82) is 0 Å². The highest BCUT2D eigenvalue weighted by molar-refractivity contribution is 4.79. The molecule has 1 aliphatic carbocycles. The van der Waals surface area contributed by atoms with Gasteiger partial charge in [0.05, 0.1) is 0 Å². The van der Waals surface area contributed by atoms with E-state index in [1.165, 1.54) is 19.3 Å². The maximum absolute atomic E-state index is 5.03. The summed E-state index contributed by atoms with van der Waals surface area (Å²) in [6, 6.07) is 0.755. The van der Waals surface area contributed by atoms with E-state index in [0.29, 0.717) is 0 Å². The Hall–Kier alpha value is -0.0800. The first-order chi connectivity index (χ1) is 6.72. The van der Waals surface area contributed by atoms with Gasteiger partial charge in [-0.15, -0.1) is 0 Å². The van der Waals surface area contributed by atoms with Crippen molar-refractivity contribution in [2.75, 3.05) is 20.3 Å². The lowest BCUT2D eigenvalue weighted by Gasteiger charge is -2.32. The zero-order valence-corrected chi connectivity index (χ0v) is 9.88. The second-order valence-corrected chi connectivity index (χ2v) is 4.91. The monoisotopic (exact) mass is 199 g/mol. The summed E-state index contributed by atoms with van der Waals surface area (Å²) in [5.41, 5.74) is 0. The van der Waals surface area contributed by atoms with Crippen molar-refractivity contribution >= 4 is 0 Å². The molecule has 14 heavy (non-hydrogen) atoms. The number of nitrogens with one attached hydrogen (secondary N) is 1. The van der Waals surface area contributed by atoms with E-state index in [9.17, 15) is 0 Å². The summed E-state index contributed by atoms with van der Waals surface area (Å²) in [6.45, 7) is 6.74. The Labute approximate surface area is 88.4 Å². The van der Waals surface area contributed by atoms with Gasteiger partial charge in [-0.1, -0.05) is 13.8 Å². The van der Waals surface area contributed by atoms with Crippen LogP contribution in [0.5, 0.6) is 0 Å². The molecule has 0 aliphatic heterocycles. The SMILES string of the molecule is COCCCNC1C[C@@H](C)C[C@H](C)C1. The average molecular weight is 199 g/mol. The molecule has 1 aliphatic rings. The van der Waals surface area contributed by atoms with Gasteiger partial charge < -0.3 is 10.1 Å². The third-order valence-corrected chi connectivity index (χ3v) is 3.14. The van der Waals surface area contributed by atoms with Gasteiger partial charge in [0.2, 0.25) is 0 Å². The smallest absolute Gasteiger partial charge is 0.0474 e. The summed E-state index contributed by atoms with van der Waals surface area (Å²) in [5.74, 6) is 1.80. The Morgan fingerprint density at radius 1 is 1.14 bits per heavy atom. The Morgan fingerprint density at radius 3 is 2.36 bits per heavy atom. The van der Waals surface area contributed by atoms with Crippen molar-refractivity contribution in [3.05, 3.63) is 0 Å². The van der Waals surface area contributed by atoms with Gasteiger partial charge in [0.15, 0.2) is 0 Å². The van der Waals surface area contributed by atoms with Gasteiger partial charge in [-0.05, 0) is 44.1 Å². The number of methoxy groups -OCH3 is 1. The molecule has 1 fully saturated rings. The van der Waals surface area contributed by atoms with Crippen molar-refractivity contribution in [1.82, 2.24) is 5.32 Å². The average Bonchev–Trinajstić information content (AvgIpc) is 2.11. The highest BCUT2D eigenvalue weighted by Crippen LogP contribution is 2.28. The van der Waals surface area contributed by atoms with Crippen LogP contribution in [0.25, 0.3) is 0 Å². The van der Waals surface area contributed by atoms with E-state index < -0.39 is 0 Å². The topological polar surface area (TPSA) is 21.3 Å². The van der Waals surface area contributed by atoms with E-state index >= 15 is 0 Å². The van der Waals surface area contributed by atoms with E-state index in [-0.39, 0.29) is 0 Å². The first-order valence-corrected chi connectivity index (χ1v) is 5.94. The minimum Gasteiger partial charge on any atom is -0.385 e. The van der Waals surface area contributed by atoms with Crippen LogP contribution in [0.4, 0.5) is 0 Å². The van der Waals surface area contributed by atoms with E-state index in [1.54, 1.807) is 7.11 Å². The van der Waals surface area contributed by atoms with Crippen LogP contribution >= 0.6 is 0 Å². The molecule has 2 heteroatoms. The normalized spacial score (nSPS) is 33.2. The number of hydrogen-bond acceptors (Lipinski definition) is 2. The minimum absolute atomic E-state index is 0.755. The van der Waals surface area contributed by atoms with Gasteiger partial charge >= 0.3 is 0 Å². The van der Waals surface area contributed by atoms with Gasteiger partial charge in [0.25, 0.3) is 0 Å². The van der Waals surface area contributed by atoms with Crippen LogP contribution < -0.4 is 5.32 Å². The van der Waals surface area contributed by atoms with Crippen molar-refractivity contribution in [3.63, 3.8) is 0 Å². The second-order valence-electron chi connectivity index (χ2n) is 4.91.